The summed E-state index contributed by atoms with van der Waals surface area (Å²) in [5.41, 5.74) is 10.2. The molecule has 0 aromatic carbocycles. The second kappa shape index (κ2) is 11.1. The fourth-order valence-electron chi connectivity index (χ4n) is 0.669. The summed E-state index contributed by atoms with van der Waals surface area (Å²) in [7, 11) is 0. The van der Waals surface area contributed by atoms with Crippen LogP contribution >= 0.6 is 0 Å². The van der Waals surface area contributed by atoms with E-state index in [1.807, 2.05) is 0 Å². The summed E-state index contributed by atoms with van der Waals surface area (Å²) in [5.74, 6) is -1.11. The van der Waals surface area contributed by atoms with Crippen molar-refractivity contribution in [2.24, 2.45) is 11.5 Å². The van der Waals surface area contributed by atoms with Gasteiger partial charge in [0.1, 0.15) is 6.04 Å². The third kappa shape index (κ3) is 12.0. The Morgan fingerprint density at radius 2 is 2.07 bits per heavy atom. The number of carboxylic acids is 1. The summed E-state index contributed by atoms with van der Waals surface area (Å²) in [4.78, 5) is 10.2. The van der Waals surface area contributed by atoms with Gasteiger partial charge in [0.2, 0.25) is 0 Å². The summed E-state index contributed by atoms with van der Waals surface area (Å²) in [5, 5.41) is 17.7. The molecule has 0 aliphatic carbocycles. The number of aliphatic carboxylic acids is 1. The summed E-state index contributed by atoms with van der Waals surface area (Å²) in [6.07, 6.45) is 0.975. The SMILES string of the molecule is N=C(N)NCCCC(N)C(=O)O.[Cl-].[Na+]. The van der Waals surface area contributed by atoms with Crippen molar-refractivity contribution in [3.8, 4) is 0 Å². The minimum absolute atomic E-state index is 0. The zero-order valence-corrected chi connectivity index (χ0v) is 10.8. The summed E-state index contributed by atoms with van der Waals surface area (Å²) < 4.78 is 0. The van der Waals surface area contributed by atoms with E-state index in [2.05, 4.69) is 5.32 Å². The number of carboxylic acid groups (broad SMARTS) is 1. The van der Waals surface area contributed by atoms with E-state index < -0.39 is 12.0 Å². The molecule has 1 atom stereocenters. The molecule has 0 heterocycles. The van der Waals surface area contributed by atoms with Gasteiger partial charge in [0, 0.05) is 6.54 Å². The maximum absolute atomic E-state index is 10.2. The Morgan fingerprint density at radius 1 is 1.57 bits per heavy atom. The van der Waals surface area contributed by atoms with Crippen LogP contribution in [0.25, 0.3) is 0 Å². The van der Waals surface area contributed by atoms with Gasteiger partial charge in [-0.15, -0.1) is 0 Å². The zero-order chi connectivity index (χ0) is 9.56. The number of rotatable bonds is 5. The zero-order valence-electron chi connectivity index (χ0n) is 8.09. The van der Waals surface area contributed by atoms with Crippen LogP contribution in [0.2, 0.25) is 0 Å². The number of halogens is 1. The first-order chi connectivity index (χ1) is 5.54. The van der Waals surface area contributed by atoms with E-state index in [0.717, 1.165) is 0 Å². The van der Waals surface area contributed by atoms with Crippen molar-refractivity contribution in [1.82, 2.24) is 5.32 Å². The van der Waals surface area contributed by atoms with Gasteiger partial charge in [-0.05, 0) is 12.8 Å². The normalized spacial score (nSPS) is 10.4. The van der Waals surface area contributed by atoms with Crippen molar-refractivity contribution in [2.45, 2.75) is 18.9 Å². The Balaban J connectivity index is -0.000000605. The van der Waals surface area contributed by atoms with Crippen molar-refractivity contribution in [3.63, 3.8) is 0 Å². The van der Waals surface area contributed by atoms with Crippen LogP contribution in [0.4, 0.5) is 0 Å². The van der Waals surface area contributed by atoms with Gasteiger partial charge in [0.15, 0.2) is 5.96 Å². The molecule has 1 unspecified atom stereocenters. The molecule has 0 aliphatic heterocycles. The first kappa shape index (κ1) is 19.5. The molecule has 0 aromatic rings. The summed E-state index contributed by atoms with van der Waals surface area (Å²) >= 11 is 0. The summed E-state index contributed by atoms with van der Waals surface area (Å²) in [6.45, 7) is 0.482. The van der Waals surface area contributed by atoms with Gasteiger partial charge in [-0.1, -0.05) is 0 Å². The van der Waals surface area contributed by atoms with Crippen LogP contribution in [0.3, 0.4) is 0 Å². The van der Waals surface area contributed by atoms with Gasteiger partial charge in [0.05, 0.1) is 0 Å². The molecule has 8 heteroatoms. The monoisotopic (exact) mass is 232 g/mol. The fraction of sp³-hybridized carbons (Fsp3) is 0.667. The van der Waals surface area contributed by atoms with Crippen LogP contribution in [0.1, 0.15) is 12.8 Å². The largest absolute Gasteiger partial charge is 1.00 e. The number of hydrogen-bond donors (Lipinski definition) is 5. The Hall–Kier alpha value is -0.0100. The van der Waals surface area contributed by atoms with Gasteiger partial charge in [-0.3, -0.25) is 10.2 Å². The Labute approximate surface area is 111 Å². The molecule has 0 aromatic heterocycles. The van der Waals surface area contributed by atoms with E-state index in [1.54, 1.807) is 0 Å². The molecular weight excluding hydrogens is 219 g/mol. The molecule has 0 radical (unpaired) electrons. The fourth-order valence-corrected chi connectivity index (χ4v) is 0.669. The van der Waals surface area contributed by atoms with E-state index in [4.69, 9.17) is 22.0 Å². The molecule has 0 saturated carbocycles. The maximum atomic E-state index is 10.2. The van der Waals surface area contributed by atoms with Crippen LogP contribution in [0.5, 0.6) is 0 Å². The Kier molecular flexibility index (Phi) is 15.5. The first-order valence-corrected chi connectivity index (χ1v) is 3.60. The van der Waals surface area contributed by atoms with Crippen molar-refractivity contribution in [3.05, 3.63) is 0 Å². The minimum Gasteiger partial charge on any atom is -1.00 e. The molecular formula is C6H14ClN4NaO2. The number of carbonyl (C=O) groups is 1. The van der Waals surface area contributed by atoms with E-state index in [9.17, 15) is 4.79 Å². The number of nitrogens with two attached hydrogens (primary N) is 2. The van der Waals surface area contributed by atoms with E-state index in [0.29, 0.717) is 19.4 Å². The molecule has 7 N–H and O–H groups in total. The molecule has 14 heavy (non-hydrogen) atoms. The van der Waals surface area contributed by atoms with Crippen LogP contribution in [-0.4, -0.2) is 29.6 Å². The smallest absolute Gasteiger partial charge is 1.00 e. The predicted octanol–water partition coefficient (Wildman–Crippen LogP) is -7.33. The minimum atomic E-state index is -1.00. The number of hydrogen-bond acceptors (Lipinski definition) is 3. The Bertz CT molecular complexity index is 181. The van der Waals surface area contributed by atoms with E-state index >= 15 is 0 Å². The molecule has 0 fully saturated rings. The third-order valence-electron chi connectivity index (χ3n) is 1.32. The predicted molar refractivity (Wildman–Crippen MR) is 44.8 cm³/mol. The average molecular weight is 233 g/mol. The molecule has 0 spiro atoms. The number of nitrogens with one attached hydrogen (secondary N) is 2. The Morgan fingerprint density at radius 3 is 2.43 bits per heavy atom. The molecule has 0 saturated heterocycles. The average Bonchev–Trinajstić information content (AvgIpc) is 1.97. The topological polar surface area (TPSA) is 125 Å². The number of guanidine groups is 1. The van der Waals surface area contributed by atoms with Gasteiger partial charge < -0.3 is 34.3 Å². The maximum Gasteiger partial charge on any atom is 1.00 e. The molecule has 0 bridgehead atoms. The molecule has 0 rings (SSSR count). The van der Waals surface area contributed by atoms with Gasteiger partial charge in [0.25, 0.3) is 0 Å². The van der Waals surface area contributed by atoms with Crippen molar-refractivity contribution in [2.75, 3.05) is 6.54 Å². The van der Waals surface area contributed by atoms with Crippen molar-refractivity contribution >= 4 is 11.9 Å². The third-order valence-corrected chi connectivity index (χ3v) is 1.32. The standard InChI is InChI=1S/C6H14N4O2.ClH.Na/c7-4(5(11)12)2-1-3-10-6(8)9;;/h4H,1-3,7H2,(H,11,12)(H4,8,9,10);1H;/q;;+1/p-1. The van der Waals surface area contributed by atoms with Gasteiger partial charge in [-0.25, -0.2) is 0 Å². The van der Waals surface area contributed by atoms with Crippen LogP contribution < -0.4 is 58.7 Å². The first-order valence-electron chi connectivity index (χ1n) is 3.60. The van der Waals surface area contributed by atoms with Gasteiger partial charge in [-0.2, -0.15) is 0 Å². The van der Waals surface area contributed by atoms with Crippen LogP contribution in [-0.2, 0) is 4.79 Å². The van der Waals surface area contributed by atoms with E-state index in [1.165, 1.54) is 0 Å². The second-order valence-electron chi connectivity index (χ2n) is 2.43. The second-order valence-corrected chi connectivity index (χ2v) is 2.43. The summed E-state index contributed by atoms with van der Waals surface area (Å²) in [6, 6.07) is -0.821. The quantitative estimate of drug-likeness (QED) is 0.139. The molecule has 0 amide bonds. The molecule has 78 valence electrons. The van der Waals surface area contributed by atoms with Crippen molar-refractivity contribution < 1.29 is 51.9 Å². The van der Waals surface area contributed by atoms with E-state index in [-0.39, 0.29) is 47.9 Å². The van der Waals surface area contributed by atoms with Crippen LogP contribution in [0, 0.1) is 5.41 Å². The molecule has 6 nitrogen and oxygen atoms in total. The van der Waals surface area contributed by atoms with Crippen LogP contribution in [0.15, 0.2) is 0 Å². The van der Waals surface area contributed by atoms with Crippen molar-refractivity contribution in [1.29, 1.82) is 5.41 Å². The van der Waals surface area contributed by atoms with Gasteiger partial charge >= 0.3 is 35.5 Å². The molecule has 0 aliphatic rings.